The van der Waals surface area contributed by atoms with Crippen LogP contribution in [0.15, 0.2) is 0 Å². The SMILES string of the molecule is CO[C@H]1O[C@H](CO[C@@H]2O[C@H](CO[C@@H]3O[C@H](CO[C@@H]4O[C@H](CO)[C@@H](O)[C@H](O[C@@H]5O[C@H](CO)[C@@H](O)[C@H](O)[C@H]5O)[C@H]4O)[C@@H](O)[C@H](O)[C@H]3O)[C@@H](O)[C@H](O)[C@H]2O)[C@@H](O)[C@H](O[C@@H]2O[C@H](CO)[C@@H](O)[C@H](O)[C@H]2O)[C@H]1O. The number of methoxy groups -OCH3 is 1. The highest BCUT2D eigenvalue weighted by molar-refractivity contribution is 4.97. The molecular formula is C37H64O31. The highest BCUT2D eigenvalue weighted by Gasteiger charge is 2.55. The summed E-state index contributed by atoms with van der Waals surface area (Å²) in [5.41, 5.74) is 0. The van der Waals surface area contributed by atoms with Crippen molar-refractivity contribution in [2.24, 2.45) is 0 Å². The molecule has 6 aliphatic heterocycles. The quantitative estimate of drug-likeness (QED) is 0.0643. The molecule has 6 saturated heterocycles. The van der Waals surface area contributed by atoms with Crippen LogP contribution in [0.3, 0.4) is 0 Å². The zero-order chi connectivity index (χ0) is 50.0. The molecule has 0 saturated carbocycles. The fraction of sp³-hybridized carbons (Fsp3) is 1.00. The zero-order valence-electron chi connectivity index (χ0n) is 36.0. The van der Waals surface area contributed by atoms with Crippen LogP contribution in [0.2, 0.25) is 0 Å². The van der Waals surface area contributed by atoms with E-state index in [0.717, 1.165) is 7.11 Å². The van der Waals surface area contributed by atoms with Crippen LogP contribution in [0, 0.1) is 0 Å². The van der Waals surface area contributed by atoms with Crippen molar-refractivity contribution in [1.29, 1.82) is 0 Å². The van der Waals surface area contributed by atoms with Gasteiger partial charge in [0, 0.05) is 7.11 Å². The molecule has 6 heterocycles. The van der Waals surface area contributed by atoms with Gasteiger partial charge in [0.2, 0.25) is 0 Å². The van der Waals surface area contributed by atoms with Crippen molar-refractivity contribution in [3.8, 4) is 0 Å². The first-order chi connectivity index (χ1) is 32.2. The van der Waals surface area contributed by atoms with E-state index in [1.165, 1.54) is 0 Å². The van der Waals surface area contributed by atoms with E-state index in [1.807, 2.05) is 0 Å². The summed E-state index contributed by atoms with van der Waals surface area (Å²) in [7, 11) is 1.12. The summed E-state index contributed by atoms with van der Waals surface area (Å²) < 4.78 is 65.9. The monoisotopic (exact) mass is 1000 g/mol. The minimum atomic E-state index is -2.01. The Morgan fingerprint density at radius 2 is 0.529 bits per heavy atom. The van der Waals surface area contributed by atoms with Gasteiger partial charge in [-0.3, -0.25) is 0 Å². The molecule has 0 aromatic rings. The third-order valence-electron chi connectivity index (χ3n) is 12.6. The Bertz CT molecular complexity index is 1410. The van der Waals surface area contributed by atoms with Gasteiger partial charge in [0.1, 0.15) is 146 Å². The van der Waals surface area contributed by atoms with Crippen molar-refractivity contribution in [2.45, 2.75) is 184 Å². The molecule has 68 heavy (non-hydrogen) atoms. The van der Waals surface area contributed by atoms with Crippen molar-refractivity contribution < 1.29 is 154 Å². The third kappa shape index (κ3) is 11.7. The van der Waals surface area contributed by atoms with E-state index in [0.29, 0.717) is 0 Å². The summed E-state index contributed by atoms with van der Waals surface area (Å²) in [6.07, 6.45) is -53.8. The maximum Gasteiger partial charge on any atom is 0.187 e. The molecule has 6 aliphatic rings. The molecule has 0 unspecified atom stereocenters. The number of hydrogen-bond acceptors (Lipinski definition) is 31. The predicted molar refractivity (Wildman–Crippen MR) is 204 cm³/mol. The fourth-order valence-electron chi connectivity index (χ4n) is 8.37. The van der Waals surface area contributed by atoms with Gasteiger partial charge < -0.3 is 154 Å². The highest BCUT2D eigenvalue weighted by Crippen LogP contribution is 2.33. The maximum atomic E-state index is 11.2. The largest absolute Gasteiger partial charge is 0.394 e. The van der Waals surface area contributed by atoms with Crippen LogP contribution in [0.1, 0.15) is 0 Å². The number of hydrogen-bond donors (Lipinski definition) is 19. The van der Waals surface area contributed by atoms with Crippen molar-refractivity contribution in [2.75, 3.05) is 46.8 Å². The van der Waals surface area contributed by atoms with Gasteiger partial charge in [-0.25, -0.2) is 0 Å². The van der Waals surface area contributed by atoms with Crippen LogP contribution in [0.25, 0.3) is 0 Å². The fourth-order valence-corrected chi connectivity index (χ4v) is 8.37. The Balaban J connectivity index is 1.05. The summed E-state index contributed by atoms with van der Waals surface area (Å²) >= 11 is 0. The standard InChI is InChI=1S/C37H64O31/c1-57-32-28(55)31(68-37-27(54)21(48)15(42)9(3-39)63-37)19(46)13(64-32)7-59-34-25(52)22(49)16(43)11(65-34)5-58-33-24(51)23(50)17(44)12(66-33)6-60-35-29(56)30(18(45)10(4-40)61-35)67-36-26(53)20(47)14(41)8(2-38)62-36/h8-56H,2-7H2,1H3/t8-,9-,10-,11-,12-,13-,14-,15-,16-,17-,18-,19-,20+,21+,22+,23+,24-,25-,26-,27-,28-,29-,30+,31+,32+,33-,34-,35-,36+,37+/m1/s1. The number of aliphatic hydroxyl groups is 19. The van der Waals surface area contributed by atoms with E-state index in [9.17, 15) is 97.0 Å². The Morgan fingerprint density at radius 3 is 0.897 bits per heavy atom. The second-order valence-electron chi connectivity index (χ2n) is 17.1. The molecule has 0 amide bonds. The molecule has 31 heteroatoms. The molecule has 398 valence electrons. The van der Waals surface area contributed by atoms with Crippen LogP contribution in [0.5, 0.6) is 0 Å². The molecule has 0 radical (unpaired) electrons. The molecule has 0 aromatic carbocycles. The summed E-state index contributed by atoms with van der Waals surface area (Å²) in [5.74, 6) is 0. The molecule has 0 spiro atoms. The lowest BCUT2D eigenvalue weighted by Crippen LogP contribution is -2.65. The molecule has 0 bridgehead atoms. The van der Waals surface area contributed by atoms with Crippen molar-refractivity contribution in [3.63, 3.8) is 0 Å². The van der Waals surface area contributed by atoms with Gasteiger partial charge >= 0.3 is 0 Å². The van der Waals surface area contributed by atoms with E-state index >= 15 is 0 Å². The van der Waals surface area contributed by atoms with Gasteiger partial charge in [-0.1, -0.05) is 0 Å². The Labute approximate surface area is 384 Å². The van der Waals surface area contributed by atoms with Crippen LogP contribution < -0.4 is 0 Å². The van der Waals surface area contributed by atoms with Gasteiger partial charge in [-0.2, -0.15) is 0 Å². The lowest BCUT2D eigenvalue weighted by atomic mass is 9.96. The molecule has 6 rings (SSSR count). The Kier molecular flexibility index (Phi) is 19.9. The van der Waals surface area contributed by atoms with Gasteiger partial charge in [0.25, 0.3) is 0 Å². The van der Waals surface area contributed by atoms with Gasteiger partial charge in [0.15, 0.2) is 37.7 Å². The van der Waals surface area contributed by atoms with Gasteiger partial charge in [-0.05, 0) is 0 Å². The molecule has 31 nitrogen and oxygen atoms in total. The summed E-state index contributed by atoms with van der Waals surface area (Å²) in [5, 5.41) is 199. The minimum Gasteiger partial charge on any atom is -0.394 e. The third-order valence-corrected chi connectivity index (χ3v) is 12.6. The Hall–Kier alpha value is -1.24. The van der Waals surface area contributed by atoms with Crippen molar-refractivity contribution >= 4 is 0 Å². The van der Waals surface area contributed by atoms with Crippen LogP contribution in [-0.4, -0.2) is 328 Å². The maximum absolute atomic E-state index is 11.2. The number of aliphatic hydroxyl groups excluding tert-OH is 19. The van der Waals surface area contributed by atoms with E-state index in [2.05, 4.69) is 0 Å². The molecule has 19 N–H and O–H groups in total. The average molecular weight is 1000 g/mol. The second-order valence-corrected chi connectivity index (χ2v) is 17.1. The molecular weight excluding hydrogens is 940 g/mol. The predicted octanol–water partition coefficient (Wildman–Crippen LogP) is -13.4. The highest BCUT2D eigenvalue weighted by atomic mass is 16.8. The first-order valence-electron chi connectivity index (χ1n) is 21.5. The molecule has 6 fully saturated rings. The van der Waals surface area contributed by atoms with E-state index in [1.54, 1.807) is 0 Å². The summed E-state index contributed by atoms with van der Waals surface area (Å²) in [6, 6.07) is 0. The van der Waals surface area contributed by atoms with Crippen LogP contribution in [-0.2, 0) is 56.8 Å². The lowest BCUT2D eigenvalue weighted by Gasteiger charge is -2.46. The van der Waals surface area contributed by atoms with Crippen molar-refractivity contribution in [3.05, 3.63) is 0 Å². The average Bonchev–Trinajstić information content (AvgIpc) is 3.33. The smallest absolute Gasteiger partial charge is 0.187 e. The first kappa shape index (κ1) is 56.1. The molecule has 0 aliphatic carbocycles. The summed E-state index contributed by atoms with van der Waals surface area (Å²) in [6.45, 7) is -4.85. The summed E-state index contributed by atoms with van der Waals surface area (Å²) in [4.78, 5) is 0. The van der Waals surface area contributed by atoms with Gasteiger partial charge in [-0.15, -0.1) is 0 Å². The lowest BCUT2D eigenvalue weighted by molar-refractivity contribution is -0.368. The number of ether oxygens (including phenoxy) is 12. The van der Waals surface area contributed by atoms with Crippen molar-refractivity contribution in [1.82, 2.24) is 0 Å². The van der Waals surface area contributed by atoms with E-state index < -0.39 is 224 Å². The number of rotatable bonds is 17. The van der Waals surface area contributed by atoms with Crippen LogP contribution in [0.4, 0.5) is 0 Å². The Morgan fingerprint density at radius 1 is 0.279 bits per heavy atom. The van der Waals surface area contributed by atoms with Crippen LogP contribution >= 0.6 is 0 Å². The zero-order valence-corrected chi connectivity index (χ0v) is 36.0. The van der Waals surface area contributed by atoms with Gasteiger partial charge in [0.05, 0.1) is 39.6 Å². The second kappa shape index (κ2) is 24.2. The topological polar surface area (TPSA) is 495 Å². The normalized spacial score (nSPS) is 52.8. The van der Waals surface area contributed by atoms with E-state index in [-0.39, 0.29) is 0 Å². The minimum absolute atomic E-state index is 0.728. The molecule has 30 atom stereocenters. The first-order valence-corrected chi connectivity index (χ1v) is 21.5. The molecule has 0 aromatic heterocycles. The van der Waals surface area contributed by atoms with E-state index in [4.69, 9.17) is 56.8 Å².